The van der Waals surface area contributed by atoms with Gasteiger partial charge in [-0.3, -0.25) is 4.98 Å². The molecule has 2 aromatic rings. The molecule has 1 aliphatic rings. The van der Waals surface area contributed by atoms with Crippen LogP contribution in [0.25, 0.3) is 0 Å². The Morgan fingerprint density at radius 2 is 2.06 bits per heavy atom. The van der Waals surface area contributed by atoms with Gasteiger partial charge in [0, 0.05) is 31.3 Å². The molecule has 1 atom stereocenters. The molecule has 2 heterocycles. The van der Waals surface area contributed by atoms with Crippen LogP contribution in [-0.2, 0) is 13.0 Å². The van der Waals surface area contributed by atoms with Crippen LogP contribution in [0.1, 0.15) is 30.1 Å². The summed E-state index contributed by atoms with van der Waals surface area (Å²) >= 11 is 0. The van der Waals surface area contributed by atoms with Crippen molar-refractivity contribution in [3.63, 3.8) is 0 Å². The summed E-state index contributed by atoms with van der Waals surface area (Å²) in [6.45, 7) is 0.946. The Kier molecular flexibility index (Phi) is 3.15. The van der Waals surface area contributed by atoms with E-state index in [2.05, 4.69) is 21.9 Å². The topological polar surface area (TPSA) is 38.0 Å². The van der Waals surface area contributed by atoms with E-state index in [1.807, 2.05) is 30.6 Å². The van der Waals surface area contributed by atoms with Crippen LogP contribution in [0.15, 0.2) is 43.0 Å². The lowest BCUT2D eigenvalue weighted by Crippen LogP contribution is -2.00. The van der Waals surface area contributed by atoms with Crippen LogP contribution >= 0.6 is 0 Å². The lowest BCUT2D eigenvalue weighted by molar-refractivity contribution is 0.154. The molecule has 0 bridgehead atoms. The quantitative estimate of drug-likeness (QED) is 0.875. The third-order valence-electron chi connectivity index (χ3n) is 3.59. The van der Waals surface area contributed by atoms with E-state index in [4.69, 9.17) is 0 Å². The lowest BCUT2D eigenvalue weighted by atomic mass is 10.1. The van der Waals surface area contributed by atoms with Gasteiger partial charge in [0.1, 0.15) is 0 Å². The van der Waals surface area contributed by atoms with Crippen molar-refractivity contribution in [2.24, 2.45) is 5.92 Å². The van der Waals surface area contributed by atoms with Gasteiger partial charge in [0.05, 0.1) is 6.10 Å². The van der Waals surface area contributed by atoms with Gasteiger partial charge in [0.2, 0.25) is 0 Å². The lowest BCUT2D eigenvalue weighted by Gasteiger charge is -2.06. The summed E-state index contributed by atoms with van der Waals surface area (Å²) in [5, 5.41) is 10.0. The number of aromatic nitrogens is 2. The summed E-state index contributed by atoms with van der Waals surface area (Å²) in [4.78, 5) is 4.01. The molecule has 0 saturated heterocycles. The second-order valence-electron chi connectivity index (χ2n) is 5.07. The molecule has 0 radical (unpaired) electrons. The highest BCUT2D eigenvalue weighted by Gasteiger charge is 2.31. The maximum atomic E-state index is 10.0. The minimum absolute atomic E-state index is 0.257. The van der Waals surface area contributed by atoms with Gasteiger partial charge in [0.25, 0.3) is 0 Å². The minimum atomic E-state index is -0.257. The van der Waals surface area contributed by atoms with Crippen molar-refractivity contribution in [1.29, 1.82) is 0 Å². The average Bonchev–Trinajstić information content (AvgIpc) is 3.15. The van der Waals surface area contributed by atoms with Gasteiger partial charge in [-0.15, -0.1) is 0 Å². The summed E-state index contributed by atoms with van der Waals surface area (Å²) in [6, 6.07) is 6.13. The summed E-state index contributed by atoms with van der Waals surface area (Å²) in [5.74, 6) is 0.501. The van der Waals surface area contributed by atoms with Gasteiger partial charge in [-0.2, -0.15) is 0 Å². The molecule has 3 nitrogen and oxygen atoms in total. The monoisotopic (exact) mass is 242 g/mol. The van der Waals surface area contributed by atoms with Crippen molar-refractivity contribution in [3.8, 4) is 0 Å². The third-order valence-corrected chi connectivity index (χ3v) is 3.59. The van der Waals surface area contributed by atoms with Crippen molar-refractivity contribution >= 4 is 0 Å². The fourth-order valence-electron chi connectivity index (χ4n) is 2.27. The van der Waals surface area contributed by atoms with Gasteiger partial charge < -0.3 is 9.67 Å². The van der Waals surface area contributed by atoms with Crippen molar-refractivity contribution in [2.75, 3.05) is 0 Å². The molecule has 18 heavy (non-hydrogen) atoms. The van der Waals surface area contributed by atoms with Crippen molar-refractivity contribution in [2.45, 2.75) is 31.9 Å². The number of pyridine rings is 1. The summed E-state index contributed by atoms with van der Waals surface area (Å²) < 4.78 is 2.15. The van der Waals surface area contributed by atoms with Crippen molar-refractivity contribution in [3.05, 3.63) is 54.1 Å². The standard InChI is InChI=1S/C15H18N2O/c18-15(13-1-2-13)14-6-10-17(11-14)9-5-12-3-7-16-8-4-12/h3-4,6-8,10-11,13,15,18H,1-2,5,9H2. The van der Waals surface area contributed by atoms with E-state index < -0.39 is 0 Å². The molecule has 3 rings (SSSR count). The Bertz CT molecular complexity index is 502. The highest BCUT2D eigenvalue weighted by atomic mass is 16.3. The summed E-state index contributed by atoms with van der Waals surface area (Å²) in [6.07, 6.45) is 10.9. The van der Waals surface area contributed by atoms with E-state index in [-0.39, 0.29) is 6.10 Å². The van der Waals surface area contributed by atoms with E-state index >= 15 is 0 Å². The van der Waals surface area contributed by atoms with Gasteiger partial charge >= 0.3 is 0 Å². The maximum absolute atomic E-state index is 10.0. The van der Waals surface area contributed by atoms with Crippen molar-refractivity contribution in [1.82, 2.24) is 9.55 Å². The van der Waals surface area contributed by atoms with Gasteiger partial charge in [-0.25, -0.2) is 0 Å². The molecule has 1 saturated carbocycles. The summed E-state index contributed by atoms with van der Waals surface area (Å²) in [5.41, 5.74) is 2.36. The molecule has 1 N–H and O–H groups in total. The largest absolute Gasteiger partial charge is 0.388 e. The molecule has 0 spiro atoms. The fraction of sp³-hybridized carbons (Fsp3) is 0.400. The molecule has 1 fully saturated rings. The number of aliphatic hydroxyl groups excluding tert-OH is 1. The van der Waals surface area contributed by atoms with E-state index in [0.717, 1.165) is 18.5 Å². The highest BCUT2D eigenvalue weighted by molar-refractivity contribution is 5.16. The summed E-state index contributed by atoms with van der Waals surface area (Å²) in [7, 11) is 0. The first-order valence-corrected chi connectivity index (χ1v) is 6.55. The molecule has 3 heteroatoms. The van der Waals surface area contributed by atoms with Crippen LogP contribution in [0.3, 0.4) is 0 Å². The van der Waals surface area contributed by atoms with E-state index in [9.17, 15) is 5.11 Å². The van der Waals surface area contributed by atoms with Crippen LogP contribution in [-0.4, -0.2) is 14.7 Å². The number of aryl methyl sites for hydroxylation is 2. The zero-order valence-electron chi connectivity index (χ0n) is 10.4. The van der Waals surface area contributed by atoms with E-state index in [1.165, 1.54) is 18.4 Å². The van der Waals surface area contributed by atoms with Gasteiger partial charge in [-0.1, -0.05) is 0 Å². The van der Waals surface area contributed by atoms with Gasteiger partial charge in [0.15, 0.2) is 0 Å². The van der Waals surface area contributed by atoms with E-state index in [0.29, 0.717) is 5.92 Å². The zero-order chi connectivity index (χ0) is 12.4. The highest BCUT2D eigenvalue weighted by Crippen LogP contribution is 2.40. The zero-order valence-corrected chi connectivity index (χ0v) is 10.4. The Morgan fingerprint density at radius 3 is 2.78 bits per heavy atom. The SMILES string of the molecule is OC(c1ccn(CCc2ccncc2)c1)C1CC1. The Labute approximate surface area is 107 Å². The predicted molar refractivity (Wildman–Crippen MR) is 70.1 cm³/mol. The van der Waals surface area contributed by atoms with Crippen LogP contribution in [0, 0.1) is 5.92 Å². The molecule has 1 aliphatic carbocycles. The molecule has 0 amide bonds. The predicted octanol–water partition coefficient (Wildman–Crippen LogP) is 2.57. The maximum Gasteiger partial charge on any atom is 0.0832 e. The second-order valence-corrected chi connectivity index (χ2v) is 5.07. The molecule has 0 aromatic carbocycles. The first-order valence-electron chi connectivity index (χ1n) is 6.55. The van der Waals surface area contributed by atoms with Crippen LogP contribution < -0.4 is 0 Å². The van der Waals surface area contributed by atoms with Crippen LogP contribution in [0.2, 0.25) is 0 Å². The molecule has 2 aromatic heterocycles. The molecular formula is C15H18N2O. The first kappa shape index (κ1) is 11.5. The first-order chi connectivity index (χ1) is 8.83. The van der Waals surface area contributed by atoms with E-state index in [1.54, 1.807) is 0 Å². The normalized spacial score (nSPS) is 16.7. The van der Waals surface area contributed by atoms with Crippen molar-refractivity contribution < 1.29 is 5.11 Å². The van der Waals surface area contributed by atoms with Crippen LogP contribution in [0.5, 0.6) is 0 Å². The fourth-order valence-corrected chi connectivity index (χ4v) is 2.27. The molecule has 94 valence electrons. The Hall–Kier alpha value is -1.61. The number of rotatable bonds is 5. The van der Waals surface area contributed by atoms with Crippen LogP contribution in [0.4, 0.5) is 0 Å². The van der Waals surface area contributed by atoms with Gasteiger partial charge in [-0.05, 0) is 54.5 Å². The number of hydrogen-bond donors (Lipinski definition) is 1. The number of aliphatic hydroxyl groups is 1. The molecule has 0 aliphatic heterocycles. The smallest absolute Gasteiger partial charge is 0.0832 e. The second kappa shape index (κ2) is 4.94. The number of nitrogens with zero attached hydrogens (tertiary/aromatic N) is 2. The molecule has 1 unspecified atom stereocenters. The average molecular weight is 242 g/mol. The Morgan fingerprint density at radius 1 is 1.28 bits per heavy atom. The minimum Gasteiger partial charge on any atom is -0.388 e. The third kappa shape index (κ3) is 2.62. The Balaban J connectivity index is 1.60. The number of hydrogen-bond acceptors (Lipinski definition) is 2. The molecular weight excluding hydrogens is 224 g/mol.